The number of aliphatic imine (C=N–C) groups is 1. The second kappa shape index (κ2) is 9.21. The molecule has 1 fully saturated rings. The van der Waals surface area contributed by atoms with E-state index in [1.54, 1.807) is 12.3 Å². The molecule has 172 valence electrons. The smallest absolute Gasteiger partial charge is 0.255 e. The number of carbonyl (C=O) groups excluding carboxylic acids is 2. The molecule has 0 bridgehead atoms. The van der Waals surface area contributed by atoms with E-state index in [1.807, 2.05) is 44.2 Å². The van der Waals surface area contributed by atoms with Crippen LogP contribution in [0, 0.1) is 11.3 Å². The van der Waals surface area contributed by atoms with E-state index in [4.69, 9.17) is 9.73 Å². The molecule has 1 N–H and O–H groups in total. The first-order chi connectivity index (χ1) is 15.7. The Morgan fingerprint density at radius 2 is 1.88 bits per heavy atom. The Morgan fingerprint density at radius 3 is 2.52 bits per heavy atom. The molecule has 1 unspecified atom stereocenters. The largest absolute Gasteiger partial charge is 0.494 e. The molecular weight excluding hydrogens is 482 g/mol. The monoisotopic (exact) mass is 509 g/mol. The van der Waals surface area contributed by atoms with Crippen LogP contribution in [-0.4, -0.2) is 29.0 Å². The van der Waals surface area contributed by atoms with Crippen LogP contribution in [-0.2, 0) is 9.59 Å². The highest BCUT2D eigenvalue weighted by Crippen LogP contribution is 2.47. The number of carbonyl (C=O) groups is 2. The molecular formula is C26H28BrN3O3. The van der Waals surface area contributed by atoms with Gasteiger partial charge in [-0.1, -0.05) is 26.0 Å². The molecule has 2 aliphatic rings. The number of ether oxygens (including phenoxy) is 1. The van der Waals surface area contributed by atoms with E-state index >= 15 is 0 Å². The van der Waals surface area contributed by atoms with E-state index < -0.39 is 11.8 Å². The van der Waals surface area contributed by atoms with Crippen molar-refractivity contribution in [3.05, 3.63) is 63.9 Å². The molecule has 33 heavy (non-hydrogen) atoms. The maximum Gasteiger partial charge on any atom is 0.255 e. The Bertz CT molecular complexity index is 1130. The summed E-state index contributed by atoms with van der Waals surface area (Å²) in [6, 6.07) is 11.2. The molecule has 2 heterocycles. The zero-order valence-corrected chi connectivity index (χ0v) is 20.9. The topological polar surface area (TPSA) is 80.7 Å². The standard InChI is InChI=1S/C26H28BrN3O3/c1-5-33-18-9-6-16(7-10-18)23-22(25(32)30-21-11-8-17(27)14-28-21)15(2)29-19-12-26(3,4)13-20(31)24(19)23/h6-11,14,23-24H,5,12-13H2,1-4H3,(H,28,30,32)/t23-,24?/m1/s1. The van der Waals surface area contributed by atoms with Crippen molar-refractivity contribution in [3.63, 3.8) is 0 Å². The highest BCUT2D eigenvalue weighted by molar-refractivity contribution is 9.10. The van der Waals surface area contributed by atoms with Gasteiger partial charge in [0.1, 0.15) is 17.4 Å². The van der Waals surface area contributed by atoms with Crippen LogP contribution in [0.25, 0.3) is 0 Å². The van der Waals surface area contributed by atoms with Gasteiger partial charge in [-0.25, -0.2) is 4.98 Å². The molecule has 7 heteroatoms. The van der Waals surface area contributed by atoms with Crippen LogP contribution in [0.1, 0.15) is 52.0 Å². The van der Waals surface area contributed by atoms with E-state index in [2.05, 4.69) is 40.1 Å². The zero-order valence-electron chi connectivity index (χ0n) is 19.3. The first-order valence-corrected chi connectivity index (χ1v) is 11.9. The van der Waals surface area contributed by atoms with Crippen molar-refractivity contribution in [2.24, 2.45) is 16.3 Å². The van der Waals surface area contributed by atoms with Crippen LogP contribution in [0.15, 0.2) is 63.3 Å². The fourth-order valence-electron chi connectivity index (χ4n) is 4.82. The number of benzene rings is 1. The van der Waals surface area contributed by atoms with Gasteiger partial charge in [0.05, 0.1) is 12.5 Å². The number of hydrogen-bond acceptors (Lipinski definition) is 5. The summed E-state index contributed by atoms with van der Waals surface area (Å²) < 4.78 is 6.42. The summed E-state index contributed by atoms with van der Waals surface area (Å²) in [4.78, 5) is 35.9. The number of Topliss-reactive ketones (excluding diaryl/α,β-unsaturated/α-hetero) is 1. The number of ketones is 1. The van der Waals surface area contributed by atoms with Crippen LogP contribution in [0.4, 0.5) is 5.82 Å². The van der Waals surface area contributed by atoms with Gasteiger partial charge in [-0.3, -0.25) is 14.6 Å². The van der Waals surface area contributed by atoms with Crippen molar-refractivity contribution in [2.45, 2.75) is 46.5 Å². The number of hydrogen-bond donors (Lipinski definition) is 1. The van der Waals surface area contributed by atoms with E-state index in [1.165, 1.54) is 0 Å². The fourth-order valence-corrected chi connectivity index (χ4v) is 5.06. The van der Waals surface area contributed by atoms with E-state index in [0.29, 0.717) is 30.1 Å². The summed E-state index contributed by atoms with van der Waals surface area (Å²) in [5.74, 6) is 0.184. The summed E-state index contributed by atoms with van der Waals surface area (Å²) in [5.41, 5.74) is 2.77. The lowest BCUT2D eigenvalue weighted by Gasteiger charge is -2.41. The summed E-state index contributed by atoms with van der Waals surface area (Å²) in [6.07, 6.45) is 2.83. The minimum absolute atomic E-state index is 0.128. The van der Waals surface area contributed by atoms with Crippen molar-refractivity contribution in [1.82, 2.24) is 4.98 Å². The lowest BCUT2D eigenvalue weighted by atomic mass is 9.63. The molecule has 1 amide bonds. The number of allylic oxidation sites excluding steroid dienone is 1. The van der Waals surface area contributed by atoms with Gasteiger partial charge < -0.3 is 10.1 Å². The molecule has 0 spiro atoms. The molecule has 0 saturated heterocycles. The molecule has 2 atom stereocenters. The molecule has 1 aromatic carbocycles. The maximum absolute atomic E-state index is 13.5. The van der Waals surface area contributed by atoms with Gasteiger partial charge in [0.25, 0.3) is 5.91 Å². The highest BCUT2D eigenvalue weighted by atomic mass is 79.9. The Balaban J connectivity index is 1.77. The Hall–Kier alpha value is -2.80. The van der Waals surface area contributed by atoms with Crippen molar-refractivity contribution in [1.29, 1.82) is 0 Å². The van der Waals surface area contributed by atoms with Gasteiger partial charge in [0, 0.05) is 40.0 Å². The third-order valence-electron chi connectivity index (χ3n) is 6.13. The van der Waals surface area contributed by atoms with Gasteiger partial charge in [-0.15, -0.1) is 0 Å². The minimum atomic E-state index is -0.446. The van der Waals surface area contributed by atoms with Crippen LogP contribution < -0.4 is 10.1 Å². The van der Waals surface area contributed by atoms with E-state index in [-0.39, 0.29) is 17.1 Å². The second-order valence-electron chi connectivity index (χ2n) is 9.36. The Morgan fingerprint density at radius 1 is 1.15 bits per heavy atom. The van der Waals surface area contributed by atoms with E-state index in [0.717, 1.165) is 27.9 Å². The quantitative estimate of drug-likeness (QED) is 0.560. The summed E-state index contributed by atoms with van der Waals surface area (Å²) in [7, 11) is 0. The molecule has 0 radical (unpaired) electrons. The predicted molar refractivity (Wildman–Crippen MR) is 133 cm³/mol. The van der Waals surface area contributed by atoms with Crippen molar-refractivity contribution < 1.29 is 14.3 Å². The molecule has 1 aromatic heterocycles. The zero-order chi connectivity index (χ0) is 23.8. The number of amides is 1. The lowest BCUT2D eigenvalue weighted by molar-refractivity contribution is -0.124. The number of anilines is 1. The van der Waals surface area contributed by atoms with Gasteiger partial charge in [-0.05, 0) is 71.4 Å². The van der Waals surface area contributed by atoms with Crippen LogP contribution >= 0.6 is 15.9 Å². The second-order valence-corrected chi connectivity index (χ2v) is 10.3. The average molecular weight is 510 g/mol. The molecule has 1 aliphatic heterocycles. The van der Waals surface area contributed by atoms with Crippen LogP contribution in [0.2, 0.25) is 0 Å². The summed E-state index contributed by atoms with van der Waals surface area (Å²) in [5, 5.41) is 2.89. The molecule has 1 aliphatic carbocycles. The number of pyridine rings is 1. The third kappa shape index (κ3) is 4.93. The van der Waals surface area contributed by atoms with Gasteiger partial charge >= 0.3 is 0 Å². The van der Waals surface area contributed by atoms with Gasteiger partial charge in [0.2, 0.25) is 0 Å². The maximum atomic E-state index is 13.5. The number of halogens is 1. The molecule has 6 nitrogen and oxygen atoms in total. The number of nitrogens with one attached hydrogen (secondary N) is 1. The Kier molecular flexibility index (Phi) is 6.52. The predicted octanol–water partition coefficient (Wildman–Crippen LogP) is 5.70. The van der Waals surface area contributed by atoms with Gasteiger partial charge in [0.15, 0.2) is 0 Å². The fraction of sp³-hybridized carbons (Fsp3) is 0.385. The Labute approximate surface area is 202 Å². The SMILES string of the molecule is CCOc1ccc([C@@H]2C(C(=O)Nc3ccc(Br)cn3)=C(C)N=C3CC(C)(C)CC(=O)C32)cc1. The lowest BCUT2D eigenvalue weighted by Crippen LogP contribution is -2.44. The number of aromatic nitrogens is 1. The van der Waals surface area contributed by atoms with Crippen molar-refractivity contribution in [2.75, 3.05) is 11.9 Å². The van der Waals surface area contributed by atoms with Crippen LogP contribution in [0.3, 0.4) is 0 Å². The first-order valence-electron chi connectivity index (χ1n) is 11.1. The van der Waals surface area contributed by atoms with Gasteiger partial charge in [-0.2, -0.15) is 0 Å². The third-order valence-corrected chi connectivity index (χ3v) is 6.60. The first kappa shape index (κ1) is 23.4. The molecule has 4 rings (SSSR count). The van der Waals surface area contributed by atoms with Crippen molar-refractivity contribution >= 4 is 39.1 Å². The number of fused-ring (bicyclic) bond motifs is 1. The number of nitrogens with zero attached hydrogens (tertiary/aromatic N) is 2. The molecule has 1 saturated carbocycles. The average Bonchev–Trinajstić information content (AvgIpc) is 2.74. The van der Waals surface area contributed by atoms with Crippen LogP contribution in [0.5, 0.6) is 5.75 Å². The summed E-state index contributed by atoms with van der Waals surface area (Å²) >= 11 is 3.36. The van der Waals surface area contributed by atoms with E-state index in [9.17, 15) is 9.59 Å². The molecule has 2 aromatic rings. The number of rotatable bonds is 5. The summed E-state index contributed by atoms with van der Waals surface area (Å²) in [6.45, 7) is 8.54. The normalized spacial score (nSPS) is 21.8. The minimum Gasteiger partial charge on any atom is -0.494 e. The highest BCUT2D eigenvalue weighted by Gasteiger charge is 2.47. The van der Waals surface area contributed by atoms with Crippen molar-refractivity contribution in [3.8, 4) is 5.75 Å².